The lowest BCUT2D eigenvalue weighted by atomic mass is 10.1. The maximum absolute atomic E-state index is 12.2. The van der Waals surface area contributed by atoms with E-state index in [9.17, 15) is 13.6 Å². The van der Waals surface area contributed by atoms with Crippen molar-refractivity contribution in [2.24, 2.45) is 0 Å². The number of benzene rings is 1. The Morgan fingerprint density at radius 1 is 1.29 bits per heavy atom. The fraction of sp³-hybridized carbons (Fsp3) is 0.417. The van der Waals surface area contributed by atoms with Gasteiger partial charge in [-0.15, -0.1) is 0 Å². The standard InChI is InChI=1S/C12H16F2N2O/c1-16(2)8-10(15-12(17)11(13)14)9-6-4-3-5-7-9/h3-7,10-11H,8H2,1-2H3,(H,15,17). The molecule has 94 valence electrons. The van der Waals surface area contributed by atoms with Gasteiger partial charge in [0.05, 0.1) is 6.04 Å². The molecule has 0 saturated heterocycles. The van der Waals surface area contributed by atoms with Crippen molar-refractivity contribution in [2.45, 2.75) is 12.5 Å². The van der Waals surface area contributed by atoms with Crippen molar-refractivity contribution in [3.63, 3.8) is 0 Å². The molecule has 0 aliphatic carbocycles. The van der Waals surface area contributed by atoms with Crippen LogP contribution in [0.2, 0.25) is 0 Å². The molecule has 1 atom stereocenters. The molecule has 0 bridgehead atoms. The first kappa shape index (κ1) is 13.6. The topological polar surface area (TPSA) is 32.3 Å². The zero-order chi connectivity index (χ0) is 12.8. The third-order valence-corrected chi connectivity index (χ3v) is 2.26. The van der Waals surface area contributed by atoms with E-state index >= 15 is 0 Å². The van der Waals surface area contributed by atoms with Crippen LogP contribution in [-0.2, 0) is 4.79 Å². The SMILES string of the molecule is CN(C)CC(NC(=O)C(F)F)c1ccccc1. The van der Waals surface area contributed by atoms with Crippen LogP contribution in [0.25, 0.3) is 0 Å². The molecule has 1 unspecified atom stereocenters. The van der Waals surface area contributed by atoms with Gasteiger partial charge in [-0.25, -0.2) is 0 Å². The minimum absolute atomic E-state index is 0.423. The molecule has 0 spiro atoms. The number of amides is 1. The van der Waals surface area contributed by atoms with Crippen LogP contribution in [0.5, 0.6) is 0 Å². The van der Waals surface area contributed by atoms with E-state index in [1.807, 2.05) is 37.2 Å². The van der Waals surface area contributed by atoms with Crippen LogP contribution in [0.15, 0.2) is 30.3 Å². The molecule has 0 aliphatic rings. The Labute approximate surface area is 99.4 Å². The minimum atomic E-state index is -2.98. The molecule has 0 radical (unpaired) electrons. The number of hydrogen-bond acceptors (Lipinski definition) is 2. The molecular formula is C12H16F2N2O. The van der Waals surface area contributed by atoms with Gasteiger partial charge in [-0.2, -0.15) is 8.78 Å². The second-order valence-electron chi connectivity index (χ2n) is 4.03. The molecule has 1 N–H and O–H groups in total. The second-order valence-corrected chi connectivity index (χ2v) is 4.03. The van der Waals surface area contributed by atoms with Crippen molar-refractivity contribution < 1.29 is 13.6 Å². The summed E-state index contributed by atoms with van der Waals surface area (Å²) in [6, 6.07) is 8.65. The zero-order valence-electron chi connectivity index (χ0n) is 9.86. The molecule has 0 aromatic heterocycles. The van der Waals surface area contributed by atoms with E-state index in [2.05, 4.69) is 5.32 Å². The summed E-state index contributed by atoms with van der Waals surface area (Å²) >= 11 is 0. The average Bonchev–Trinajstić information content (AvgIpc) is 2.28. The Kier molecular flexibility index (Phi) is 5.03. The largest absolute Gasteiger partial charge is 0.343 e. The minimum Gasteiger partial charge on any atom is -0.343 e. The highest BCUT2D eigenvalue weighted by Crippen LogP contribution is 2.13. The highest BCUT2D eigenvalue weighted by molar-refractivity contribution is 5.79. The summed E-state index contributed by atoms with van der Waals surface area (Å²) < 4.78 is 24.4. The number of rotatable bonds is 5. The van der Waals surface area contributed by atoms with E-state index in [0.717, 1.165) is 5.56 Å². The second kappa shape index (κ2) is 6.30. The summed E-state index contributed by atoms with van der Waals surface area (Å²) in [4.78, 5) is 12.9. The van der Waals surface area contributed by atoms with Crippen LogP contribution < -0.4 is 5.32 Å². The Morgan fingerprint density at radius 2 is 1.88 bits per heavy atom. The van der Waals surface area contributed by atoms with E-state index in [-0.39, 0.29) is 0 Å². The summed E-state index contributed by atoms with van der Waals surface area (Å²) in [5.41, 5.74) is 0.815. The maximum atomic E-state index is 12.2. The van der Waals surface area contributed by atoms with Crippen LogP contribution in [0.1, 0.15) is 11.6 Å². The number of carbonyl (C=O) groups is 1. The summed E-state index contributed by atoms with van der Waals surface area (Å²) in [7, 11) is 3.65. The Hall–Kier alpha value is -1.49. The van der Waals surface area contributed by atoms with E-state index in [1.165, 1.54) is 0 Å². The lowest BCUT2D eigenvalue weighted by molar-refractivity contribution is -0.132. The number of hydrogen-bond donors (Lipinski definition) is 1. The van der Waals surface area contributed by atoms with Gasteiger partial charge in [0.2, 0.25) is 0 Å². The number of halogens is 2. The molecule has 17 heavy (non-hydrogen) atoms. The smallest absolute Gasteiger partial charge is 0.315 e. The van der Waals surface area contributed by atoms with Gasteiger partial charge in [0.1, 0.15) is 0 Å². The predicted molar refractivity (Wildman–Crippen MR) is 61.9 cm³/mol. The van der Waals surface area contributed by atoms with Gasteiger partial charge >= 0.3 is 6.43 Å². The third-order valence-electron chi connectivity index (χ3n) is 2.26. The Balaban J connectivity index is 2.78. The summed E-state index contributed by atoms with van der Waals surface area (Å²) in [6.45, 7) is 0.475. The van der Waals surface area contributed by atoms with Crippen molar-refractivity contribution in [2.75, 3.05) is 20.6 Å². The molecule has 3 nitrogen and oxygen atoms in total. The van der Waals surface area contributed by atoms with Crippen LogP contribution in [0, 0.1) is 0 Å². The van der Waals surface area contributed by atoms with Crippen LogP contribution in [0.4, 0.5) is 8.78 Å². The van der Waals surface area contributed by atoms with Gasteiger partial charge in [0, 0.05) is 6.54 Å². The summed E-state index contributed by atoms with van der Waals surface area (Å²) in [5.74, 6) is -1.24. The first-order valence-electron chi connectivity index (χ1n) is 5.29. The average molecular weight is 242 g/mol. The van der Waals surface area contributed by atoms with Gasteiger partial charge < -0.3 is 10.2 Å². The molecule has 0 aliphatic heterocycles. The van der Waals surface area contributed by atoms with E-state index in [4.69, 9.17) is 0 Å². The van der Waals surface area contributed by atoms with Gasteiger partial charge in [0.25, 0.3) is 5.91 Å². The molecule has 1 rings (SSSR count). The van der Waals surface area contributed by atoms with Crippen LogP contribution in [-0.4, -0.2) is 37.9 Å². The molecule has 0 heterocycles. The zero-order valence-corrected chi connectivity index (χ0v) is 9.86. The molecule has 1 amide bonds. The fourth-order valence-electron chi connectivity index (χ4n) is 1.52. The molecule has 1 aromatic carbocycles. The third kappa shape index (κ3) is 4.48. The summed E-state index contributed by atoms with van der Waals surface area (Å²) in [6.07, 6.45) is -2.98. The molecular weight excluding hydrogens is 226 g/mol. The number of alkyl halides is 2. The van der Waals surface area contributed by atoms with Gasteiger partial charge in [-0.05, 0) is 19.7 Å². The van der Waals surface area contributed by atoms with E-state index < -0.39 is 18.4 Å². The quantitative estimate of drug-likeness (QED) is 0.851. The van der Waals surface area contributed by atoms with Crippen molar-refractivity contribution in [3.05, 3.63) is 35.9 Å². The number of nitrogens with one attached hydrogen (secondary N) is 1. The lowest BCUT2D eigenvalue weighted by Crippen LogP contribution is -2.38. The van der Waals surface area contributed by atoms with E-state index in [1.54, 1.807) is 12.1 Å². The number of carbonyl (C=O) groups excluding carboxylic acids is 1. The highest BCUT2D eigenvalue weighted by atomic mass is 19.3. The van der Waals surface area contributed by atoms with Gasteiger partial charge in [-0.1, -0.05) is 30.3 Å². The fourth-order valence-corrected chi connectivity index (χ4v) is 1.52. The molecule has 0 fully saturated rings. The lowest BCUT2D eigenvalue weighted by Gasteiger charge is -2.22. The van der Waals surface area contributed by atoms with Crippen molar-refractivity contribution in [3.8, 4) is 0 Å². The van der Waals surface area contributed by atoms with E-state index in [0.29, 0.717) is 6.54 Å². The maximum Gasteiger partial charge on any atom is 0.315 e. The summed E-state index contributed by atoms with van der Waals surface area (Å²) in [5, 5.41) is 2.33. The van der Waals surface area contributed by atoms with Gasteiger partial charge in [0.15, 0.2) is 0 Å². The first-order chi connectivity index (χ1) is 8.00. The number of likely N-dealkylation sites (N-methyl/N-ethyl adjacent to an activating group) is 1. The van der Waals surface area contributed by atoms with Gasteiger partial charge in [-0.3, -0.25) is 4.79 Å². The van der Waals surface area contributed by atoms with Crippen LogP contribution in [0.3, 0.4) is 0 Å². The van der Waals surface area contributed by atoms with Crippen molar-refractivity contribution >= 4 is 5.91 Å². The van der Waals surface area contributed by atoms with Crippen LogP contribution >= 0.6 is 0 Å². The normalized spacial score (nSPS) is 12.8. The predicted octanol–water partition coefficient (Wildman–Crippen LogP) is 1.67. The Morgan fingerprint density at radius 3 is 2.35 bits per heavy atom. The van der Waals surface area contributed by atoms with Crippen molar-refractivity contribution in [1.82, 2.24) is 10.2 Å². The molecule has 0 saturated carbocycles. The number of nitrogens with zero attached hydrogens (tertiary/aromatic N) is 1. The molecule has 5 heteroatoms. The highest BCUT2D eigenvalue weighted by Gasteiger charge is 2.21. The molecule has 1 aromatic rings. The first-order valence-corrected chi connectivity index (χ1v) is 5.29. The Bertz CT molecular complexity index is 355. The van der Waals surface area contributed by atoms with Crippen molar-refractivity contribution in [1.29, 1.82) is 0 Å². The monoisotopic (exact) mass is 242 g/mol.